The van der Waals surface area contributed by atoms with Crippen molar-refractivity contribution in [1.29, 1.82) is 0 Å². The van der Waals surface area contributed by atoms with Crippen LogP contribution in [0.2, 0.25) is 5.02 Å². The first-order valence-electron chi connectivity index (χ1n) is 7.07. The SMILES string of the molecule is I.NC(=N[C@@H]1C[C@H]1c1ccc(Cl)cc1)NC1CCCC1. The maximum absolute atomic E-state index is 5.98. The summed E-state index contributed by atoms with van der Waals surface area (Å²) in [6.07, 6.45) is 6.15. The van der Waals surface area contributed by atoms with Crippen LogP contribution in [0, 0.1) is 0 Å². The lowest BCUT2D eigenvalue weighted by molar-refractivity contribution is 0.625. The molecule has 0 bridgehead atoms. The van der Waals surface area contributed by atoms with E-state index in [0.29, 0.717) is 24.0 Å². The number of halogens is 2. The van der Waals surface area contributed by atoms with Crippen LogP contribution in [0.4, 0.5) is 0 Å². The Labute approximate surface area is 142 Å². The van der Waals surface area contributed by atoms with E-state index in [1.165, 1.54) is 31.2 Å². The number of rotatable bonds is 3. The molecule has 1 aromatic carbocycles. The fourth-order valence-electron chi connectivity index (χ4n) is 2.89. The third kappa shape index (κ3) is 4.01. The minimum atomic E-state index is 0. The van der Waals surface area contributed by atoms with E-state index < -0.39 is 0 Å². The Morgan fingerprint density at radius 2 is 1.85 bits per heavy atom. The van der Waals surface area contributed by atoms with Crippen molar-refractivity contribution in [2.24, 2.45) is 10.7 Å². The van der Waals surface area contributed by atoms with Crippen LogP contribution in [0.1, 0.15) is 43.6 Å². The molecule has 2 aliphatic carbocycles. The van der Waals surface area contributed by atoms with Crippen LogP contribution in [0.15, 0.2) is 29.3 Å². The van der Waals surface area contributed by atoms with Gasteiger partial charge in [0.15, 0.2) is 5.96 Å². The molecule has 2 saturated carbocycles. The summed E-state index contributed by atoms with van der Waals surface area (Å²) in [6.45, 7) is 0. The number of hydrogen-bond acceptors (Lipinski definition) is 1. The van der Waals surface area contributed by atoms with Crippen molar-refractivity contribution in [3.63, 3.8) is 0 Å². The molecule has 0 amide bonds. The monoisotopic (exact) mass is 405 g/mol. The summed E-state index contributed by atoms with van der Waals surface area (Å²) in [4.78, 5) is 4.58. The molecule has 0 radical (unpaired) electrons. The van der Waals surface area contributed by atoms with Gasteiger partial charge in [-0.05, 0) is 37.0 Å². The van der Waals surface area contributed by atoms with Gasteiger partial charge in [-0.1, -0.05) is 36.6 Å². The summed E-state index contributed by atoms with van der Waals surface area (Å²) in [7, 11) is 0. The van der Waals surface area contributed by atoms with E-state index in [0.717, 1.165) is 11.4 Å². The highest BCUT2D eigenvalue weighted by Gasteiger charge is 2.38. The van der Waals surface area contributed by atoms with Crippen LogP contribution < -0.4 is 11.1 Å². The maximum atomic E-state index is 5.98. The largest absolute Gasteiger partial charge is 0.370 e. The highest BCUT2D eigenvalue weighted by Crippen LogP contribution is 2.43. The Hall–Kier alpha value is -0.490. The number of nitrogens with two attached hydrogens (primary N) is 1. The van der Waals surface area contributed by atoms with Crippen LogP contribution in [0.25, 0.3) is 0 Å². The molecule has 20 heavy (non-hydrogen) atoms. The van der Waals surface area contributed by atoms with Crippen molar-refractivity contribution >= 4 is 41.5 Å². The van der Waals surface area contributed by atoms with Crippen LogP contribution in [0.3, 0.4) is 0 Å². The van der Waals surface area contributed by atoms with Crippen molar-refractivity contribution in [2.45, 2.75) is 50.1 Å². The van der Waals surface area contributed by atoms with E-state index >= 15 is 0 Å². The number of aliphatic imine (C=N–C) groups is 1. The van der Waals surface area contributed by atoms with Crippen molar-refractivity contribution in [1.82, 2.24) is 5.32 Å². The van der Waals surface area contributed by atoms with Crippen LogP contribution in [-0.4, -0.2) is 18.0 Å². The minimum absolute atomic E-state index is 0. The fraction of sp³-hybridized carbons (Fsp3) is 0.533. The summed E-state index contributed by atoms with van der Waals surface area (Å²) in [5, 5.41) is 4.12. The Morgan fingerprint density at radius 3 is 2.50 bits per heavy atom. The summed E-state index contributed by atoms with van der Waals surface area (Å²) in [5.74, 6) is 1.13. The van der Waals surface area contributed by atoms with Gasteiger partial charge in [0.2, 0.25) is 0 Å². The van der Waals surface area contributed by atoms with Gasteiger partial charge in [-0.2, -0.15) is 0 Å². The fourth-order valence-corrected chi connectivity index (χ4v) is 3.01. The molecule has 2 fully saturated rings. The van der Waals surface area contributed by atoms with Gasteiger partial charge in [-0.25, -0.2) is 4.99 Å². The molecule has 0 aromatic heterocycles. The van der Waals surface area contributed by atoms with E-state index in [9.17, 15) is 0 Å². The lowest BCUT2D eigenvalue weighted by atomic mass is 10.1. The summed E-state index contributed by atoms with van der Waals surface area (Å²) < 4.78 is 0. The van der Waals surface area contributed by atoms with Gasteiger partial charge in [0.1, 0.15) is 0 Å². The van der Waals surface area contributed by atoms with E-state index in [1.807, 2.05) is 12.1 Å². The molecule has 110 valence electrons. The molecule has 0 unspecified atom stereocenters. The third-order valence-electron chi connectivity index (χ3n) is 4.07. The first kappa shape index (κ1) is 15.9. The molecule has 1 aromatic rings. The number of benzene rings is 1. The highest BCUT2D eigenvalue weighted by molar-refractivity contribution is 14.0. The molecule has 2 aliphatic rings. The van der Waals surface area contributed by atoms with Gasteiger partial charge < -0.3 is 11.1 Å². The van der Waals surface area contributed by atoms with E-state index in [4.69, 9.17) is 17.3 Å². The molecular formula is C15H21ClIN3. The third-order valence-corrected chi connectivity index (χ3v) is 4.32. The molecule has 2 atom stereocenters. The number of nitrogens with one attached hydrogen (secondary N) is 1. The van der Waals surface area contributed by atoms with Crippen LogP contribution >= 0.6 is 35.6 Å². The molecule has 0 heterocycles. The van der Waals surface area contributed by atoms with E-state index in [-0.39, 0.29) is 24.0 Å². The van der Waals surface area contributed by atoms with E-state index in [1.54, 1.807) is 0 Å². The number of nitrogens with zero attached hydrogens (tertiary/aromatic N) is 1. The Bertz CT molecular complexity index is 469. The topological polar surface area (TPSA) is 50.4 Å². The molecule has 5 heteroatoms. The summed E-state index contributed by atoms with van der Waals surface area (Å²) in [6, 6.07) is 8.94. The molecule has 3 rings (SSSR count). The Kier molecular flexibility index (Phi) is 5.55. The second-order valence-electron chi connectivity index (χ2n) is 5.60. The highest BCUT2D eigenvalue weighted by atomic mass is 127. The predicted octanol–water partition coefficient (Wildman–Crippen LogP) is 3.66. The molecule has 3 nitrogen and oxygen atoms in total. The second-order valence-corrected chi connectivity index (χ2v) is 6.04. The summed E-state index contributed by atoms with van der Waals surface area (Å²) >= 11 is 5.90. The summed E-state index contributed by atoms with van der Waals surface area (Å²) in [5.41, 5.74) is 7.29. The van der Waals surface area contributed by atoms with Crippen molar-refractivity contribution in [2.75, 3.05) is 0 Å². The van der Waals surface area contributed by atoms with Gasteiger partial charge in [0.05, 0.1) is 6.04 Å². The van der Waals surface area contributed by atoms with Crippen LogP contribution in [0.5, 0.6) is 0 Å². The lowest BCUT2D eigenvalue weighted by Gasteiger charge is -2.12. The first-order valence-corrected chi connectivity index (χ1v) is 7.45. The van der Waals surface area contributed by atoms with Crippen molar-refractivity contribution < 1.29 is 0 Å². The normalized spacial score (nSPS) is 26.1. The van der Waals surface area contributed by atoms with E-state index in [2.05, 4.69) is 22.4 Å². The molecule has 0 spiro atoms. The average molecular weight is 406 g/mol. The zero-order valence-electron chi connectivity index (χ0n) is 11.4. The van der Waals surface area contributed by atoms with Gasteiger partial charge in [0, 0.05) is 17.0 Å². The standard InChI is InChI=1S/C15H20ClN3.HI/c16-11-7-5-10(6-8-11)13-9-14(13)19-15(17)18-12-3-1-2-4-12;/h5-8,12-14H,1-4,9H2,(H3,17,18,19);1H/t13-,14+;/m0./s1. The maximum Gasteiger partial charge on any atom is 0.189 e. The lowest BCUT2D eigenvalue weighted by Crippen LogP contribution is -2.38. The van der Waals surface area contributed by atoms with Crippen molar-refractivity contribution in [3.8, 4) is 0 Å². The van der Waals surface area contributed by atoms with Crippen LogP contribution in [-0.2, 0) is 0 Å². The van der Waals surface area contributed by atoms with Gasteiger partial charge in [0.25, 0.3) is 0 Å². The molecule has 3 N–H and O–H groups in total. The molecule has 0 saturated heterocycles. The Balaban J connectivity index is 0.00000147. The van der Waals surface area contributed by atoms with Gasteiger partial charge in [-0.3, -0.25) is 0 Å². The molecule has 0 aliphatic heterocycles. The van der Waals surface area contributed by atoms with Gasteiger partial charge in [-0.15, -0.1) is 24.0 Å². The van der Waals surface area contributed by atoms with Gasteiger partial charge >= 0.3 is 0 Å². The second kappa shape index (κ2) is 6.98. The zero-order chi connectivity index (χ0) is 13.2. The Morgan fingerprint density at radius 1 is 1.20 bits per heavy atom. The average Bonchev–Trinajstić information content (AvgIpc) is 2.95. The zero-order valence-corrected chi connectivity index (χ0v) is 14.5. The number of guanidine groups is 1. The smallest absolute Gasteiger partial charge is 0.189 e. The first-order chi connectivity index (χ1) is 9.22. The minimum Gasteiger partial charge on any atom is -0.370 e. The number of hydrogen-bond donors (Lipinski definition) is 2. The predicted molar refractivity (Wildman–Crippen MR) is 95.0 cm³/mol. The molecular weight excluding hydrogens is 385 g/mol. The van der Waals surface area contributed by atoms with Crippen molar-refractivity contribution in [3.05, 3.63) is 34.9 Å². The quantitative estimate of drug-likeness (QED) is 0.458.